The zero-order chi connectivity index (χ0) is 29.6. The molecule has 0 heterocycles. The van der Waals surface area contributed by atoms with E-state index >= 15 is 0 Å². The van der Waals surface area contributed by atoms with Crippen molar-refractivity contribution >= 4 is 39.1 Å². The van der Waals surface area contributed by atoms with Crippen molar-refractivity contribution in [3.8, 4) is 0 Å². The van der Waals surface area contributed by atoms with Crippen molar-refractivity contribution in [3.05, 3.63) is 94.5 Å². The van der Waals surface area contributed by atoms with Gasteiger partial charge in [-0.2, -0.15) is 0 Å². The Kier molecular flexibility index (Phi) is 10.1. The number of anilines is 1. The highest BCUT2D eigenvalue weighted by atomic mass is 35.5. The maximum atomic E-state index is 14.1. The highest BCUT2D eigenvalue weighted by Crippen LogP contribution is 2.29. The van der Waals surface area contributed by atoms with Gasteiger partial charge in [-0.15, -0.1) is 0 Å². The van der Waals surface area contributed by atoms with Crippen LogP contribution >= 0.6 is 11.6 Å². The van der Waals surface area contributed by atoms with Gasteiger partial charge in [0.25, 0.3) is 10.0 Å². The van der Waals surface area contributed by atoms with Gasteiger partial charge in [0.15, 0.2) is 0 Å². The molecule has 0 aliphatic heterocycles. The predicted molar refractivity (Wildman–Crippen MR) is 164 cm³/mol. The number of nitrogens with zero attached hydrogens (tertiary/aromatic N) is 2. The van der Waals surface area contributed by atoms with Gasteiger partial charge >= 0.3 is 0 Å². The highest BCUT2D eigenvalue weighted by Gasteiger charge is 2.33. The van der Waals surface area contributed by atoms with Crippen LogP contribution in [0.25, 0.3) is 0 Å². The zero-order valence-corrected chi connectivity index (χ0v) is 25.4. The fourth-order valence-electron chi connectivity index (χ4n) is 5.21. The van der Waals surface area contributed by atoms with Crippen molar-refractivity contribution in [3.63, 3.8) is 0 Å². The van der Waals surface area contributed by atoms with Gasteiger partial charge in [0.05, 0.1) is 10.6 Å². The van der Waals surface area contributed by atoms with Crippen molar-refractivity contribution in [2.45, 2.75) is 69.9 Å². The van der Waals surface area contributed by atoms with Gasteiger partial charge in [0.1, 0.15) is 12.6 Å². The summed E-state index contributed by atoms with van der Waals surface area (Å²) in [5, 5.41) is 3.56. The smallest absolute Gasteiger partial charge is 0.264 e. The Labute approximate surface area is 248 Å². The Morgan fingerprint density at radius 3 is 2.27 bits per heavy atom. The summed E-state index contributed by atoms with van der Waals surface area (Å²) in [6.07, 6.45) is 4.52. The minimum absolute atomic E-state index is 0.0770. The summed E-state index contributed by atoms with van der Waals surface area (Å²) in [5.41, 5.74) is 2.91. The lowest BCUT2D eigenvalue weighted by molar-refractivity contribution is -0.139. The number of sulfonamides is 1. The second kappa shape index (κ2) is 13.5. The van der Waals surface area contributed by atoms with Crippen LogP contribution in [0.2, 0.25) is 5.02 Å². The van der Waals surface area contributed by atoms with E-state index in [1.807, 2.05) is 37.3 Å². The average Bonchev–Trinajstić information content (AvgIpc) is 3.46. The van der Waals surface area contributed by atoms with E-state index in [1.54, 1.807) is 44.2 Å². The second-order valence-electron chi connectivity index (χ2n) is 10.7. The van der Waals surface area contributed by atoms with Crippen LogP contribution in [0, 0.1) is 13.8 Å². The number of benzene rings is 3. The zero-order valence-electron chi connectivity index (χ0n) is 23.8. The lowest BCUT2D eigenvalue weighted by atomic mass is 10.1. The number of halogens is 1. The average molecular weight is 596 g/mol. The summed E-state index contributed by atoms with van der Waals surface area (Å²) in [4.78, 5) is 28.9. The summed E-state index contributed by atoms with van der Waals surface area (Å²) < 4.78 is 29.1. The first-order valence-corrected chi connectivity index (χ1v) is 15.9. The third-order valence-electron chi connectivity index (χ3n) is 7.67. The molecule has 0 spiro atoms. The molecule has 9 heteroatoms. The van der Waals surface area contributed by atoms with Crippen molar-refractivity contribution in [2.24, 2.45) is 0 Å². The molecule has 0 saturated heterocycles. The molecule has 0 radical (unpaired) electrons. The standard InChI is InChI=1S/C32H38ClN3O4S/c1-23-13-16-29(17-14-23)41(39,40)36(30-18-15-27(33)21-24(30)2)22-31(37)35(20-19-26-9-5-4-6-10-26)25(3)32(38)34-28-11-7-8-12-28/h4-6,9-10,13-18,21,25,28H,7-8,11-12,19-20,22H2,1-3H3,(H,34,38)/t25-/m1/s1. The monoisotopic (exact) mass is 595 g/mol. The Morgan fingerprint density at radius 2 is 1.63 bits per heavy atom. The third-order valence-corrected chi connectivity index (χ3v) is 9.68. The second-order valence-corrected chi connectivity index (χ2v) is 13.0. The molecule has 1 aliphatic carbocycles. The first kappa shape index (κ1) is 30.6. The number of carbonyl (C=O) groups excluding carboxylic acids is 2. The van der Waals surface area contributed by atoms with Crippen LogP contribution in [0.1, 0.15) is 49.3 Å². The molecule has 0 unspecified atom stereocenters. The van der Waals surface area contributed by atoms with Crippen molar-refractivity contribution in [2.75, 3.05) is 17.4 Å². The Hall–Kier alpha value is -3.36. The fourth-order valence-corrected chi connectivity index (χ4v) is 6.92. The number of carbonyl (C=O) groups is 2. The SMILES string of the molecule is Cc1ccc(S(=O)(=O)N(CC(=O)N(CCc2ccccc2)[C@H](C)C(=O)NC2CCCC2)c2ccc(Cl)cc2C)cc1. The van der Waals surface area contributed by atoms with Crippen LogP contribution in [0.4, 0.5) is 5.69 Å². The highest BCUT2D eigenvalue weighted by molar-refractivity contribution is 7.92. The van der Waals surface area contributed by atoms with Crippen LogP contribution < -0.4 is 9.62 Å². The van der Waals surface area contributed by atoms with E-state index in [4.69, 9.17) is 11.6 Å². The van der Waals surface area contributed by atoms with Gasteiger partial charge in [-0.3, -0.25) is 13.9 Å². The van der Waals surface area contributed by atoms with Gasteiger partial charge in [-0.05, 0) is 81.5 Å². The number of hydrogen-bond acceptors (Lipinski definition) is 4. The van der Waals surface area contributed by atoms with Crippen molar-refractivity contribution in [1.82, 2.24) is 10.2 Å². The molecule has 2 amide bonds. The number of hydrogen-bond donors (Lipinski definition) is 1. The molecule has 0 bridgehead atoms. The Balaban J connectivity index is 1.67. The molecule has 1 atom stereocenters. The first-order valence-electron chi connectivity index (χ1n) is 14.1. The molecule has 218 valence electrons. The van der Waals surface area contributed by atoms with E-state index in [9.17, 15) is 18.0 Å². The number of nitrogens with one attached hydrogen (secondary N) is 1. The van der Waals surface area contributed by atoms with E-state index in [0.29, 0.717) is 22.7 Å². The molecule has 1 saturated carbocycles. The fraction of sp³-hybridized carbons (Fsp3) is 0.375. The van der Waals surface area contributed by atoms with Crippen LogP contribution in [0.5, 0.6) is 0 Å². The first-order chi connectivity index (χ1) is 19.6. The van der Waals surface area contributed by atoms with E-state index < -0.39 is 28.5 Å². The maximum Gasteiger partial charge on any atom is 0.264 e. The maximum absolute atomic E-state index is 14.1. The minimum atomic E-state index is -4.12. The number of rotatable bonds is 11. The van der Waals surface area contributed by atoms with Crippen LogP contribution in [0.15, 0.2) is 77.7 Å². The predicted octanol–water partition coefficient (Wildman–Crippen LogP) is 5.67. The molecule has 4 rings (SSSR count). The molecule has 1 fully saturated rings. The molecular formula is C32H38ClN3O4S. The van der Waals surface area contributed by atoms with E-state index in [1.165, 1.54) is 17.0 Å². The molecule has 0 aromatic heterocycles. The molecule has 1 N–H and O–H groups in total. The summed E-state index contributed by atoms with van der Waals surface area (Å²) in [6.45, 7) is 5.14. The topological polar surface area (TPSA) is 86.8 Å². The lowest BCUT2D eigenvalue weighted by Crippen LogP contribution is -2.53. The van der Waals surface area contributed by atoms with Gasteiger partial charge < -0.3 is 10.2 Å². The molecule has 41 heavy (non-hydrogen) atoms. The van der Waals surface area contributed by atoms with Crippen LogP contribution in [0.3, 0.4) is 0 Å². The van der Waals surface area contributed by atoms with Gasteiger partial charge in [-0.25, -0.2) is 8.42 Å². The quantitative estimate of drug-likeness (QED) is 0.309. The van der Waals surface area contributed by atoms with Crippen molar-refractivity contribution < 1.29 is 18.0 Å². The lowest BCUT2D eigenvalue weighted by Gasteiger charge is -2.33. The van der Waals surface area contributed by atoms with E-state index in [0.717, 1.165) is 41.1 Å². The van der Waals surface area contributed by atoms with E-state index in [-0.39, 0.29) is 23.4 Å². The molecule has 1 aliphatic rings. The molecule has 3 aromatic carbocycles. The normalized spacial score (nSPS) is 14.4. The third kappa shape index (κ3) is 7.68. The summed E-state index contributed by atoms with van der Waals surface area (Å²) in [7, 11) is -4.12. The van der Waals surface area contributed by atoms with Crippen molar-refractivity contribution in [1.29, 1.82) is 0 Å². The summed E-state index contributed by atoms with van der Waals surface area (Å²) in [5.74, 6) is -0.686. The van der Waals surface area contributed by atoms with Gasteiger partial charge in [0, 0.05) is 17.6 Å². The van der Waals surface area contributed by atoms with Crippen LogP contribution in [-0.2, 0) is 26.0 Å². The van der Waals surface area contributed by atoms with Crippen LogP contribution in [-0.4, -0.2) is 50.3 Å². The van der Waals surface area contributed by atoms with Gasteiger partial charge in [-0.1, -0.05) is 72.5 Å². The molecule has 3 aromatic rings. The van der Waals surface area contributed by atoms with Gasteiger partial charge in [0.2, 0.25) is 11.8 Å². The number of aryl methyl sites for hydroxylation is 2. The molecular weight excluding hydrogens is 558 g/mol. The summed E-state index contributed by atoms with van der Waals surface area (Å²) in [6, 6.07) is 20.5. The summed E-state index contributed by atoms with van der Waals surface area (Å²) >= 11 is 6.18. The minimum Gasteiger partial charge on any atom is -0.352 e. The molecule has 7 nitrogen and oxygen atoms in total. The Morgan fingerprint density at radius 1 is 0.976 bits per heavy atom. The Bertz CT molecular complexity index is 1460. The van der Waals surface area contributed by atoms with E-state index in [2.05, 4.69) is 5.32 Å². The number of amides is 2. The largest absolute Gasteiger partial charge is 0.352 e.